The first kappa shape index (κ1) is 51.3. The number of aromatic nitrogens is 6. The number of pyridine rings is 2. The van der Waals surface area contributed by atoms with Crippen LogP contribution in [-0.2, 0) is 13.2 Å². The van der Waals surface area contributed by atoms with Crippen LogP contribution in [0.4, 0.5) is 8.78 Å². The largest absolute Gasteiger partial charge is 0.493 e. The molecule has 1 aliphatic rings. The highest BCUT2D eigenvalue weighted by molar-refractivity contribution is 5.97. The van der Waals surface area contributed by atoms with Crippen LogP contribution in [0.2, 0.25) is 0 Å². The molecule has 4 aromatic carbocycles. The number of fused-ring (bicyclic) bond motifs is 2. The fourth-order valence-corrected chi connectivity index (χ4v) is 9.85. The number of halogens is 2. The van der Waals surface area contributed by atoms with Crippen LogP contribution in [0, 0.1) is 11.6 Å². The zero-order valence-electron chi connectivity index (χ0n) is 42.6. The van der Waals surface area contributed by atoms with Gasteiger partial charge >= 0.3 is 0 Å². The number of aliphatic hydroxyl groups excluding tert-OH is 1. The monoisotopic (exact) mass is 1010 g/mol. The van der Waals surface area contributed by atoms with E-state index < -0.39 is 12.1 Å². The van der Waals surface area contributed by atoms with Gasteiger partial charge in [-0.2, -0.15) is 10.2 Å². The van der Waals surface area contributed by atoms with E-state index in [1.165, 1.54) is 24.3 Å². The molecule has 0 unspecified atom stereocenters. The minimum absolute atomic E-state index is 0.225. The number of rotatable bonds is 20. The second-order valence-electron chi connectivity index (χ2n) is 19.0. The number of likely N-dealkylation sites (N-methyl/N-ethyl adjacent to an activating group) is 4. The first-order valence-corrected chi connectivity index (χ1v) is 24.7. The highest BCUT2D eigenvalue weighted by Crippen LogP contribution is 2.37. The van der Waals surface area contributed by atoms with Gasteiger partial charge in [-0.25, -0.2) is 8.78 Å². The number of H-pyrrole nitrogens is 2. The van der Waals surface area contributed by atoms with Crippen LogP contribution < -0.4 is 9.47 Å². The lowest BCUT2D eigenvalue weighted by Gasteiger charge is -2.45. The quantitative estimate of drug-likeness (QED) is 0.0671. The van der Waals surface area contributed by atoms with Gasteiger partial charge in [0.2, 0.25) is 0 Å². The first-order valence-electron chi connectivity index (χ1n) is 24.7. The van der Waals surface area contributed by atoms with E-state index in [0.717, 1.165) is 35.2 Å². The van der Waals surface area contributed by atoms with E-state index in [1.807, 2.05) is 33.2 Å². The van der Waals surface area contributed by atoms with E-state index in [0.29, 0.717) is 106 Å². The van der Waals surface area contributed by atoms with Gasteiger partial charge in [-0.3, -0.25) is 39.6 Å². The molecule has 8 aromatic rings. The fraction of sp³-hybridized carbons (Fsp3) is 0.321. The molecule has 1 fully saturated rings. The first-order chi connectivity index (χ1) is 35.8. The molecule has 0 bridgehead atoms. The molecule has 74 heavy (non-hydrogen) atoms. The van der Waals surface area contributed by atoms with Crippen LogP contribution in [-0.4, -0.2) is 152 Å². The molecule has 18 heteroatoms. The highest BCUT2D eigenvalue weighted by atomic mass is 19.1. The minimum Gasteiger partial charge on any atom is -0.493 e. The van der Waals surface area contributed by atoms with Gasteiger partial charge in [0.25, 0.3) is 11.8 Å². The Hall–Kier alpha value is -7.64. The fourth-order valence-electron chi connectivity index (χ4n) is 9.85. The maximum atomic E-state index is 14.7. The lowest BCUT2D eigenvalue weighted by molar-refractivity contribution is 0.0354. The van der Waals surface area contributed by atoms with Crippen molar-refractivity contribution in [2.75, 3.05) is 74.6 Å². The van der Waals surface area contributed by atoms with E-state index in [9.17, 15) is 23.5 Å². The molecule has 0 aliphatic carbocycles. The number of ether oxygens (including phenoxy) is 2. The van der Waals surface area contributed by atoms with Crippen molar-refractivity contribution < 1.29 is 33.0 Å². The molecule has 2 atom stereocenters. The third-order valence-corrected chi connectivity index (χ3v) is 14.0. The summed E-state index contributed by atoms with van der Waals surface area (Å²) >= 11 is 0. The van der Waals surface area contributed by atoms with Crippen molar-refractivity contribution >= 4 is 33.6 Å². The molecular weight excluding hydrogens is 945 g/mol. The Bertz CT molecular complexity index is 3300. The molecule has 3 N–H and O–H groups in total. The van der Waals surface area contributed by atoms with E-state index in [-0.39, 0.29) is 30.1 Å². The summed E-state index contributed by atoms with van der Waals surface area (Å²) in [6.07, 6.45) is 6.86. The number of aliphatic hydroxyl groups is 1. The van der Waals surface area contributed by atoms with Crippen LogP contribution in [0.15, 0.2) is 110 Å². The summed E-state index contributed by atoms with van der Waals surface area (Å²) in [6, 6.07) is 22.3. The van der Waals surface area contributed by atoms with Crippen molar-refractivity contribution in [3.05, 3.63) is 155 Å². The Morgan fingerprint density at radius 2 is 1.19 bits per heavy atom. The third-order valence-electron chi connectivity index (χ3n) is 14.0. The lowest BCUT2D eigenvalue weighted by atomic mass is 9.98. The topological polar surface area (TPSA) is 172 Å². The second-order valence-corrected chi connectivity index (χ2v) is 19.0. The number of likely N-dealkylation sites (tertiary alicyclic amines) is 1. The van der Waals surface area contributed by atoms with Crippen molar-refractivity contribution in [3.8, 4) is 33.8 Å². The van der Waals surface area contributed by atoms with Gasteiger partial charge < -0.3 is 29.3 Å². The maximum Gasteiger partial charge on any atom is 0.254 e. The van der Waals surface area contributed by atoms with Gasteiger partial charge in [0, 0.05) is 109 Å². The number of aromatic amines is 2. The van der Waals surface area contributed by atoms with Crippen molar-refractivity contribution in [1.29, 1.82) is 0 Å². The smallest absolute Gasteiger partial charge is 0.254 e. The molecule has 384 valence electrons. The van der Waals surface area contributed by atoms with Crippen LogP contribution in [0.3, 0.4) is 0 Å². The normalized spacial score (nSPS) is 13.9. The van der Waals surface area contributed by atoms with Crippen molar-refractivity contribution in [1.82, 2.24) is 54.9 Å². The van der Waals surface area contributed by atoms with E-state index >= 15 is 0 Å². The number of benzene rings is 4. The number of hydrogen-bond acceptors (Lipinski definition) is 12. The second kappa shape index (κ2) is 22.2. The van der Waals surface area contributed by atoms with Gasteiger partial charge in [-0.1, -0.05) is 24.3 Å². The molecule has 2 amide bonds. The molecule has 4 aromatic heterocycles. The van der Waals surface area contributed by atoms with Crippen LogP contribution in [0.1, 0.15) is 69.2 Å². The van der Waals surface area contributed by atoms with E-state index in [1.54, 1.807) is 97.1 Å². The molecule has 1 saturated heterocycles. The summed E-state index contributed by atoms with van der Waals surface area (Å²) < 4.78 is 40.7. The summed E-state index contributed by atoms with van der Waals surface area (Å²) in [5.74, 6) is -0.344. The Labute approximate surface area is 428 Å². The van der Waals surface area contributed by atoms with Gasteiger partial charge in [-0.05, 0) is 107 Å². The molecular formula is C56H61F2N11O5. The lowest BCUT2D eigenvalue weighted by Crippen LogP contribution is -2.59. The Morgan fingerprint density at radius 3 is 1.69 bits per heavy atom. The molecule has 1 aliphatic heterocycles. The molecule has 9 rings (SSSR count). The SMILES string of the molecule is CCOc1cc(C(=O)N(C)[C@H](CN(C)Cc2ncc([C@H](CN3CC(N(C)C)C3)N(C)C(=O)c3ccc(-c4cccc(F)c4)c(OCC)c3)c3[nH]ncc23)c2cnc(CO)c3cn[nH]c23)ccc1-c1cccc(F)c1. The number of carbonyl (C=O) groups excluding carboxylic acids is 2. The van der Waals surface area contributed by atoms with Gasteiger partial charge in [-0.15, -0.1) is 0 Å². The van der Waals surface area contributed by atoms with E-state index in [2.05, 4.69) is 54.2 Å². The van der Waals surface area contributed by atoms with E-state index in [4.69, 9.17) is 14.5 Å². The Kier molecular flexibility index (Phi) is 15.4. The summed E-state index contributed by atoms with van der Waals surface area (Å²) in [7, 11) is 9.62. The van der Waals surface area contributed by atoms with Crippen LogP contribution >= 0.6 is 0 Å². The van der Waals surface area contributed by atoms with Crippen molar-refractivity contribution in [2.45, 2.75) is 45.1 Å². The van der Waals surface area contributed by atoms with Crippen LogP contribution in [0.5, 0.6) is 11.5 Å². The maximum absolute atomic E-state index is 14.7. The van der Waals surface area contributed by atoms with Crippen molar-refractivity contribution in [2.24, 2.45) is 0 Å². The Balaban J connectivity index is 1.02. The third kappa shape index (κ3) is 10.6. The minimum atomic E-state index is -0.606. The van der Waals surface area contributed by atoms with Crippen molar-refractivity contribution in [3.63, 3.8) is 0 Å². The zero-order chi connectivity index (χ0) is 52.2. The highest BCUT2D eigenvalue weighted by Gasteiger charge is 2.35. The number of nitrogens with zero attached hydrogens (tertiary/aromatic N) is 9. The predicted octanol–water partition coefficient (Wildman–Crippen LogP) is 8.14. The standard InChI is InChI=1S/C56H61F2N11O5/c1-8-73-51-22-36(16-18-41(51)34-12-10-14-38(57)20-34)55(71)67(6)49(45-25-60-48(33-70)44-27-62-64-54(44)45)31-66(5)30-47-43-26-61-63-53(43)46(24-59-47)50(32-69-28-40(29-69)65(3)4)68(7)56(72)37-17-19-42(52(23-37)74-9-2)35-13-11-15-39(58)21-35/h10-27,40,49-50,70H,8-9,28-33H2,1-7H3,(H,61,63)(H,62,64)/t49-,50+/m1/s1. The number of carbonyl (C=O) groups is 2. The van der Waals surface area contributed by atoms with Gasteiger partial charge in [0.15, 0.2) is 0 Å². The number of hydrogen-bond donors (Lipinski definition) is 3. The molecule has 0 spiro atoms. The number of amides is 2. The summed E-state index contributed by atoms with van der Waals surface area (Å²) in [5.41, 5.74) is 7.43. The summed E-state index contributed by atoms with van der Waals surface area (Å²) in [6.45, 7) is 6.96. The molecule has 0 radical (unpaired) electrons. The van der Waals surface area contributed by atoms with Gasteiger partial charge in [0.05, 0.1) is 66.7 Å². The molecule has 16 nitrogen and oxygen atoms in total. The average molecular weight is 1010 g/mol. The zero-order valence-corrected chi connectivity index (χ0v) is 42.6. The summed E-state index contributed by atoms with van der Waals surface area (Å²) in [4.78, 5) is 49.1. The number of nitrogens with one attached hydrogen (secondary N) is 2. The Morgan fingerprint density at radius 1 is 0.689 bits per heavy atom. The predicted molar refractivity (Wildman–Crippen MR) is 280 cm³/mol. The molecule has 0 saturated carbocycles. The van der Waals surface area contributed by atoms with Gasteiger partial charge in [0.1, 0.15) is 23.1 Å². The molecule has 5 heterocycles. The summed E-state index contributed by atoms with van der Waals surface area (Å²) in [5, 5.41) is 26.7. The average Bonchev–Trinajstić information content (AvgIpc) is 4.10. The van der Waals surface area contributed by atoms with Crippen LogP contribution in [0.25, 0.3) is 44.1 Å².